The van der Waals surface area contributed by atoms with E-state index in [0.29, 0.717) is 101 Å². The number of carbonyl (C=O) groups excluding carboxylic acids is 3. The van der Waals surface area contributed by atoms with Crippen LogP contribution in [0.15, 0.2) is 85.5 Å². The Morgan fingerprint density at radius 2 is 1.70 bits per heavy atom. The average Bonchev–Trinajstić information content (AvgIpc) is 4.08. The van der Waals surface area contributed by atoms with Crippen LogP contribution in [0.4, 0.5) is 24.7 Å². The molecule has 3 fully saturated rings. The van der Waals surface area contributed by atoms with E-state index in [4.69, 9.17) is 26.3 Å². The summed E-state index contributed by atoms with van der Waals surface area (Å²) in [7, 11) is 2.01. The highest BCUT2D eigenvalue weighted by molar-refractivity contribution is 6.36. The molecular weight excluding hydrogens is 1080 g/mol. The summed E-state index contributed by atoms with van der Waals surface area (Å²) in [5.74, 6) is -1.88. The molecule has 4 aromatic carbocycles. The van der Waals surface area contributed by atoms with Gasteiger partial charge < -0.3 is 40.3 Å². The first kappa shape index (κ1) is 57.2. The highest BCUT2D eigenvalue weighted by Crippen LogP contribution is 2.40. The van der Waals surface area contributed by atoms with E-state index in [9.17, 15) is 43.0 Å². The number of nitriles is 1. The number of anilines is 2. The number of alkyl halides is 3. The van der Waals surface area contributed by atoms with Gasteiger partial charge in [0.05, 0.1) is 41.4 Å². The molecule has 3 amide bonds. The molecule has 0 aliphatic carbocycles. The molecule has 430 valence electrons. The third-order valence-corrected chi connectivity index (χ3v) is 16.4. The Kier molecular flexibility index (Phi) is 16.9. The second kappa shape index (κ2) is 24.2. The zero-order valence-corrected chi connectivity index (χ0v) is 46.6. The van der Waals surface area contributed by atoms with E-state index in [-0.39, 0.29) is 83.7 Å². The van der Waals surface area contributed by atoms with Gasteiger partial charge in [0.2, 0.25) is 17.6 Å². The number of piperazine rings is 1. The molecule has 4 N–H and O–H groups in total. The number of hydrogen-bond acceptors (Lipinski definition) is 15. The largest absolute Gasteiger partial charge is 0.508 e. The first-order chi connectivity index (χ1) is 39.4. The van der Waals surface area contributed by atoms with Gasteiger partial charge in [-0.05, 0) is 105 Å². The van der Waals surface area contributed by atoms with Crippen molar-refractivity contribution in [2.45, 2.75) is 89.3 Å². The number of likely N-dealkylation sites (tertiary alicyclic amines) is 2. The number of ether oxygens (including phenoxy) is 1. The molecular formula is C59H65ClF3N13O6. The molecule has 0 spiro atoms. The van der Waals surface area contributed by atoms with Crippen molar-refractivity contribution in [2.75, 3.05) is 75.8 Å². The van der Waals surface area contributed by atoms with E-state index < -0.39 is 24.5 Å². The Hall–Kier alpha value is -8.00. The molecule has 4 aliphatic rings. The second-order valence-electron chi connectivity index (χ2n) is 21.9. The molecule has 1 unspecified atom stereocenters. The van der Waals surface area contributed by atoms with E-state index in [1.54, 1.807) is 17.0 Å². The van der Waals surface area contributed by atoms with Gasteiger partial charge in [-0.2, -0.15) is 28.4 Å². The molecule has 0 saturated carbocycles. The van der Waals surface area contributed by atoms with Crippen LogP contribution < -0.4 is 25.2 Å². The molecule has 4 aliphatic heterocycles. The van der Waals surface area contributed by atoms with Crippen molar-refractivity contribution >= 4 is 51.6 Å². The number of aromatic nitrogens is 5. The number of piperidine rings is 1. The SMILES string of the molecule is C=CC(=O)N1CCN(c2nc(OC[C@@H]3C[C@@H](NC(=O)C4CCN(Cc5ccc(-n6c(C(=O)NCC(F)(F)F)nnc6-c6cc(C(C)C)c(O)cc6O)cc5)CC4)CN3C)nc3c2CCN(c2cccc4cccc(Cl)c24)C3)CC1CC#N. The van der Waals surface area contributed by atoms with E-state index >= 15 is 0 Å². The summed E-state index contributed by atoms with van der Waals surface area (Å²) in [6, 6.07) is 23.8. The Bertz CT molecular complexity index is 3410. The van der Waals surface area contributed by atoms with Gasteiger partial charge >= 0.3 is 12.2 Å². The van der Waals surface area contributed by atoms with Gasteiger partial charge in [-0.1, -0.05) is 68.4 Å². The lowest BCUT2D eigenvalue weighted by Crippen LogP contribution is -2.55. The van der Waals surface area contributed by atoms with E-state index in [1.165, 1.54) is 16.7 Å². The highest BCUT2D eigenvalue weighted by atomic mass is 35.5. The maximum Gasteiger partial charge on any atom is 0.405 e. The van der Waals surface area contributed by atoms with Crippen LogP contribution >= 0.6 is 11.6 Å². The predicted octanol–water partition coefficient (Wildman–Crippen LogP) is 7.52. The van der Waals surface area contributed by atoms with Crippen LogP contribution in [0.1, 0.15) is 78.5 Å². The number of nitrogens with zero attached hydrogens (tertiary/aromatic N) is 11. The Morgan fingerprint density at radius 1 is 0.939 bits per heavy atom. The third kappa shape index (κ3) is 12.4. The fraction of sp³-hybridized carbons (Fsp3) is 0.424. The van der Waals surface area contributed by atoms with Crippen LogP contribution in [-0.2, 0) is 29.1 Å². The van der Waals surface area contributed by atoms with Crippen LogP contribution in [0.25, 0.3) is 27.8 Å². The highest BCUT2D eigenvalue weighted by Gasteiger charge is 2.37. The second-order valence-corrected chi connectivity index (χ2v) is 22.3. The minimum absolute atomic E-state index is 0.00765. The van der Waals surface area contributed by atoms with Crippen molar-refractivity contribution in [1.29, 1.82) is 5.26 Å². The number of hydrogen-bond donors (Lipinski definition) is 4. The van der Waals surface area contributed by atoms with Gasteiger partial charge in [-0.15, -0.1) is 10.2 Å². The van der Waals surface area contributed by atoms with Gasteiger partial charge in [-0.25, -0.2) is 0 Å². The number of carbonyl (C=O) groups is 3. The Labute approximate surface area is 477 Å². The maximum atomic E-state index is 13.8. The molecule has 6 heterocycles. The monoisotopic (exact) mass is 1140 g/mol. The third-order valence-electron chi connectivity index (χ3n) is 16.1. The van der Waals surface area contributed by atoms with Crippen LogP contribution in [0.5, 0.6) is 17.5 Å². The molecule has 2 aromatic heterocycles. The lowest BCUT2D eigenvalue weighted by Gasteiger charge is -2.42. The molecule has 23 heteroatoms. The van der Waals surface area contributed by atoms with Crippen LogP contribution in [0.3, 0.4) is 0 Å². The molecule has 19 nitrogen and oxygen atoms in total. The first-order valence-corrected chi connectivity index (χ1v) is 27.9. The van der Waals surface area contributed by atoms with Crippen molar-refractivity contribution in [3.05, 3.63) is 119 Å². The van der Waals surface area contributed by atoms with Gasteiger partial charge in [0.25, 0.3) is 5.91 Å². The lowest BCUT2D eigenvalue weighted by molar-refractivity contribution is -0.129. The van der Waals surface area contributed by atoms with Crippen molar-refractivity contribution < 1.29 is 42.5 Å². The number of nitrogens with one attached hydrogen (secondary N) is 2. The summed E-state index contributed by atoms with van der Waals surface area (Å²) >= 11 is 6.80. The fourth-order valence-electron chi connectivity index (χ4n) is 11.8. The number of rotatable bonds is 16. The predicted molar refractivity (Wildman–Crippen MR) is 303 cm³/mol. The number of fused-ring (bicyclic) bond motifs is 2. The summed E-state index contributed by atoms with van der Waals surface area (Å²) < 4.78 is 47.2. The van der Waals surface area contributed by atoms with Crippen molar-refractivity contribution in [3.63, 3.8) is 0 Å². The topological polar surface area (TPSA) is 221 Å². The quantitative estimate of drug-likeness (QED) is 0.0689. The normalized spacial score (nSPS) is 19.1. The lowest BCUT2D eigenvalue weighted by atomic mass is 9.95. The number of amides is 3. The summed E-state index contributed by atoms with van der Waals surface area (Å²) in [6.45, 7) is 11.1. The van der Waals surface area contributed by atoms with Crippen LogP contribution in [-0.4, -0.2) is 158 Å². The van der Waals surface area contributed by atoms with Crippen LogP contribution in [0, 0.1) is 17.2 Å². The van der Waals surface area contributed by atoms with E-state index in [2.05, 4.69) is 53.8 Å². The summed E-state index contributed by atoms with van der Waals surface area (Å²) in [5.41, 5.74) is 4.71. The van der Waals surface area contributed by atoms with Crippen molar-refractivity contribution in [1.82, 2.24) is 50.1 Å². The maximum absolute atomic E-state index is 13.8. The molecule has 0 bridgehead atoms. The van der Waals surface area contributed by atoms with Gasteiger partial charge in [-0.3, -0.25) is 28.8 Å². The summed E-state index contributed by atoms with van der Waals surface area (Å²) in [5, 5.41) is 47.1. The van der Waals surface area contributed by atoms with E-state index in [0.717, 1.165) is 45.2 Å². The van der Waals surface area contributed by atoms with Crippen molar-refractivity contribution in [2.24, 2.45) is 5.92 Å². The Balaban J connectivity index is 0.772. The minimum Gasteiger partial charge on any atom is -0.508 e. The standard InChI is InChI=1S/C59H65ClF3N13O6/c1-5-51(79)75-25-24-74(31-41(75)16-20-64)53-43-19-23-73(48-11-7-9-37-8-6-10-46(60)52(37)48)32-47(43)67-58(68-53)82-33-42-26-39(30-71(42)4)66-56(80)38-17-21-72(22-18-38)29-36-12-14-40(15-13-36)76-54(45-27-44(35(2)3)49(77)28-50(45)78)69-70-55(76)57(81)65-34-59(61,62)63/h5-15,27-28,35,38-39,41-42,77-78H,1,16-19,21-26,29-34H2,2-4H3,(H,65,81)(H,66,80)/t39-,41?,42+/m1/s1. The Morgan fingerprint density at radius 3 is 2.41 bits per heavy atom. The van der Waals surface area contributed by atoms with Gasteiger partial charge in [0.1, 0.15) is 30.5 Å². The van der Waals surface area contributed by atoms with E-state index in [1.807, 2.05) is 68.7 Å². The molecule has 10 rings (SSSR count). The number of phenols is 2. The average molecular weight is 1140 g/mol. The number of aromatic hydroxyl groups is 2. The number of halogens is 4. The summed E-state index contributed by atoms with van der Waals surface area (Å²) in [6.07, 6.45) is -0.621. The molecule has 3 saturated heterocycles. The molecule has 82 heavy (non-hydrogen) atoms. The smallest absolute Gasteiger partial charge is 0.405 e. The first-order valence-electron chi connectivity index (χ1n) is 27.5. The summed E-state index contributed by atoms with van der Waals surface area (Å²) in [4.78, 5) is 60.5. The minimum atomic E-state index is -4.67. The number of phenolic OH excluding ortho intramolecular Hbond substituents is 2. The van der Waals surface area contributed by atoms with Crippen molar-refractivity contribution in [3.8, 4) is 40.7 Å². The number of likely N-dealkylation sites (N-methyl/N-ethyl adjacent to an activating group) is 1. The molecule has 0 radical (unpaired) electrons. The number of benzene rings is 4. The van der Waals surface area contributed by atoms with Gasteiger partial charge in [0, 0.05) is 85.7 Å². The zero-order valence-electron chi connectivity index (χ0n) is 45.9. The molecule has 6 aromatic rings. The van der Waals surface area contributed by atoms with Gasteiger partial charge in [0.15, 0.2) is 5.82 Å². The fourth-order valence-corrected chi connectivity index (χ4v) is 12.1. The molecule has 3 atom stereocenters. The van der Waals surface area contributed by atoms with Crippen LogP contribution in [0.2, 0.25) is 5.02 Å². The zero-order chi connectivity index (χ0) is 58.0.